The van der Waals surface area contributed by atoms with Crippen molar-refractivity contribution in [3.63, 3.8) is 0 Å². The number of carbonyl (C=O) groups is 1. The van der Waals surface area contributed by atoms with Gasteiger partial charge in [0, 0.05) is 17.8 Å². The molecule has 27 heavy (non-hydrogen) atoms. The second kappa shape index (κ2) is 7.23. The maximum absolute atomic E-state index is 12.2. The third-order valence-corrected chi connectivity index (χ3v) is 4.62. The molecule has 0 aliphatic carbocycles. The van der Waals surface area contributed by atoms with E-state index in [4.69, 9.17) is 9.57 Å². The number of aromatic nitrogens is 2. The van der Waals surface area contributed by atoms with Crippen LogP contribution in [-0.4, -0.2) is 28.1 Å². The Bertz CT molecular complexity index is 1160. The van der Waals surface area contributed by atoms with Gasteiger partial charge in [-0.25, -0.2) is 4.79 Å². The summed E-state index contributed by atoms with van der Waals surface area (Å²) in [5.74, 6) is -0.388. The minimum atomic E-state index is -0.720. The fourth-order valence-corrected chi connectivity index (χ4v) is 3.41. The molecule has 0 aliphatic heterocycles. The van der Waals surface area contributed by atoms with Crippen LogP contribution in [-0.2, 0) is 14.4 Å². The van der Waals surface area contributed by atoms with E-state index in [0.717, 1.165) is 33.7 Å². The molecule has 1 aromatic carbocycles. The van der Waals surface area contributed by atoms with E-state index in [-0.39, 0.29) is 5.97 Å². The maximum atomic E-state index is 12.2. The van der Waals surface area contributed by atoms with E-state index in [9.17, 15) is 4.79 Å². The second-order valence-corrected chi connectivity index (χ2v) is 6.37. The molecule has 0 bridgehead atoms. The van der Waals surface area contributed by atoms with Gasteiger partial charge in [0.2, 0.25) is 6.10 Å². The van der Waals surface area contributed by atoms with Crippen LogP contribution in [0.15, 0.2) is 53.9 Å². The lowest BCUT2D eigenvalue weighted by atomic mass is 10.1. The number of hydrogen-bond donors (Lipinski definition) is 0. The fourth-order valence-electron chi connectivity index (χ4n) is 3.41. The zero-order valence-electron chi connectivity index (χ0n) is 15.4. The van der Waals surface area contributed by atoms with E-state index >= 15 is 0 Å². The molecule has 3 heterocycles. The third-order valence-electron chi connectivity index (χ3n) is 4.62. The van der Waals surface area contributed by atoms with Crippen LogP contribution in [0.2, 0.25) is 0 Å². The number of fused-ring (bicyclic) bond motifs is 2. The van der Waals surface area contributed by atoms with Crippen molar-refractivity contribution in [2.75, 3.05) is 6.61 Å². The maximum Gasteiger partial charge on any atom is 0.350 e. The summed E-state index contributed by atoms with van der Waals surface area (Å²) >= 11 is 0. The third kappa shape index (κ3) is 2.97. The normalized spacial score (nSPS) is 13.5. The summed E-state index contributed by atoms with van der Waals surface area (Å²) in [4.78, 5) is 22.4. The number of rotatable bonds is 6. The van der Waals surface area contributed by atoms with Crippen LogP contribution in [0, 0.1) is 0 Å². The van der Waals surface area contributed by atoms with Crippen LogP contribution in [0.5, 0.6) is 0 Å². The van der Waals surface area contributed by atoms with E-state index in [1.54, 1.807) is 13.1 Å². The van der Waals surface area contributed by atoms with E-state index in [1.165, 1.54) is 0 Å². The van der Waals surface area contributed by atoms with Gasteiger partial charge < -0.3 is 14.0 Å². The highest BCUT2D eigenvalue weighted by molar-refractivity contribution is 6.08. The molecule has 6 heteroatoms. The van der Waals surface area contributed by atoms with Gasteiger partial charge >= 0.3 is 5.97 Å². The second-order valence-electron chi connectivity index (χ2n) is 6.37. The highest BCUT2D eigenvalue weighted by atomic mass is 16.7. The Kier molecular flexibility index (Phi) is 4.62. The molecule has 0 fully saturated rings. The van der Waals surface area contributed by atoms with Crippen LogP contribution >= 0.6 is 0 Å². The van der Waals surface area contributed by atoms with E-state index in [0.29, 0.717) is 18.4 Å². The van der Waals surface area contributed by atoms with Crippen LogP contribution in [0.4, 0.5) is 0 Å². The van der Waals surface area contributed by atoms with Gasteiger partial charge in [-0.3, -0.25) is 4.98 Å². The van der Waals surface area contributed by atoms with Gasteiger partial charge in [-0.1, -0.05) is 30.6 Å². The van der Waals surface area contributed by atoms with Crippen molar-refractivity contribution >= 4 is 33.3 Å². The summed E-state index contributed by atoms with van der Waals surface area (Å²) in [7, 11) is 0. The quantitative estimate of drug-likeness (QED) is 0.387. The van der Waals surface area contributed by atoms with Crippen molar-refractivity contribution < 1.29 is 14.4 Å². The van der Waals surface area contributed by atoms with E-state index in [2.05, 4.69) is 26.7 Å². The number of benzene rings is 1. The molecule has 4 rings (SSSR count). The van der Waals surface area contributed by atoms with Gasteiger partial charge in [0.1, 0.15) is 5.52 Å². The molecule has 1 unspecified atom stereocenters. The number of nitrogens with zero attached hydrogens (tertiary/aromatic N) is 3. The highest BCUT2D eigenvalue weighted by Gasteiger charge is 2.21. The number of ether oxygens (including phenoxy) is 1. The molecule has 3 aromatic heterocycles. The lowest BCUT2D eigenvalue weighted by Gasteiger charge is -2.13. The molecular weight excluding hydrogens is 342 g/mol. The van der Waals surface area contributed by atoms with Gasteiger partial charge in [0.25, 0.3) is 0 Å². The SMILES string of the molecule is CCCC(O/N=c1/c2nccc3cccc(c32)n2cccc12)C(=O)OCC. The van der Waals surface area contributed by atoms with Gasteiger partial charge in [0.15, 0.2) is 5.36 Å². The van der Waals surface area contributed by atoms with Crippen LogP contribution in [0.1, 0.15) is 26.7 Å². The van der Waals surface area contributed by atoms with Crippen molar-refractivity contribution in [2.24, 2.45) is 5.16 Å². The van der Waals surface area contributed by atoms with Gasteiger partial charge in [-0.05, 0) is 43.0 Å². The van der Waals surface area contributed by atoms with E-state index < -0.39 is 6.10 Å². The number of hydrogen-bond acceptors (Lipinski definition) is 5. The van der Waals surface area contributed by atoms with Crippen LogP contribution in [0.25, 0.3) is 27.3 Å². The predicted molar refractivity (Wildman–Crippen MR) is 103 cm³/mol. The summed E-state index contributed by atoms with van der Waals surface area (Å²) in [5.41, 5.74) is 2.70. The Morgan fingerprint density at radius 1 is 1.19 bits per heavy atom. The Labute approximate surface area is 156 Å². The smallest absolute Gasteiger partial charge is 0.350 e. The summed E-state index contributed by atoms with van der Waals surface area (Å²) < 4.78 is 7.18. The average molecular weight is 363 g/mol. The molecular formula is C21H21N3O3. The largest absolute Gasteiger partial charge is 0.463 e. The molecule has 0 amide bonds. The molecule has 0 saturated heterocycles. The summed E-state index contributed by atoms with van der Waals surface area (Å²) in [6.07, 6.45) is 4.38. The monoisotopic (exact) mass is 363 g/mol. The Morgan fingerprint density at radius 3 is 2.85 bits per heavy atom. The Balaban J connectivity index is 1.92. The topological polar surface area (TPSA) is 65.2 Å². The van der Waals surface area contributed by atoms with Crippen molar-refractivity contribution in [3.05, 3.63) is 54.1 Å². The standard InChI is InChI=1S/C21H21N3O3/c1-3-7-17(21(25)26-4-2)27-23-19-16-10-6-13-24(16)15-9-5-8-14-11-12-22-20(19)18(14)15/h5-6,8-13,17H,3-4,7H2,1-2H3/b23-19+. The minimum absolute atomic E-state index is 0.316. The first kappa shape index (κ1) is 17.3. The summed E-state index contributed by atoms with van der Waals surface area (Å²) in [5, 5.41) is 7.10. The molecule has 1 atom stereocenters. The van der Waals surface area contributed by atoms with Crippen molar-refractivity contribution in [3.8, 4) is 0 Å². The molecule has 0 saturated carbocycles. The first-order valence-corrected chi connectivity index (χ1v) is 9.21. The lowest BCUT2D eigenvalue weighted by Crippen LogP contribution is -2.26. The fraction of sp³-hybridized carbons (Fsp3) is 0.286. The average Bonchev–Trinajstić information content (AvgIpc) is 3.17. The predicted octanol–water partition coefficient (Wildman–Crippen LogP) is 3.64. The molecule has 0 aliphatic rings. The van der Waals surface area contributed by atoms with E-state index in [1.807, 2.05) is 37.4 Å². The Morgan fingerprint density at radius 2 is 2.04 bits per heavy atom. The van der Waals surface area contributed by atoms with Gasteiger partial charge in [0.05, 0.1) is 17.6 Å². The Hall–Kier alpha value is -3.15. The number of carbonyl (C=O) groups excluding carboxylic acids is 1. The summed E-state index contributed by atoms with van der Waals surface area (Å²) in [6.45, 7) is 4.09. The van der Waals surface area contributed by atoms with Crippen molar-refractivity contribution in [1.29, 1.82) is 0 Å². The number of pyridine rings is 2. The lowest BCUT2D eigenvalue weighted by molar-refractivity contribution is -0.157. The molecule has 0 spiro atoms. The number of esters is 1. The zero-order chi connectivity index (χ0) is 18.8. The van der Waals surface area contributed by atoms with Crippen molar-refractivity contribution in [1.82, 2.24) is 9.38 Å². The molecule has 6 nitrogen and oxygen atoms in total. The summed E-state index contributed by atoms with van der Waals surface area (Å²) in [6, 6.07) is 12.1. The van der Waals surface area contributed by atoms with Gasteiger partial charge in [-0.15, -0.1) is 0 Å². The van der Waals surface area contributed by atoms with Crippen LogP contribution < -0.4 is 5.36 Å². The van der Waals surface area contributed by atoms with Crippen LogP contribution in [0.3, 0.4) is 0 Å². The first-order valence-electron chi connectivity index (χ1n) is 9.21. The minimum Gasteiger partial charge on any atom is -0.463 e. The van der Waals surface area contributed by atoms with Crippen molar-refractivity contribution in [2.45, 2.75) is 32.8 Å². The molecule has 0 radical (unpaired) electrons. The zero-order valence-corrected chi connectivity index (χ0v) is 15.4. The first-order chi connectivity index (χ1) is 13.2. The molecule has 138 valence electrons. The highest BCUT2D eigenvalue weighted by Crippen LogP contribution is 2.24. The van der Waals surface area contributed by atoms with Gasteiger partial charge in [-0.2, -0.15) is 0 Å². The molecule has 4 aromatic rings. The molecule has 0 N–H and O–H groups in total.